The van der Waals surface area contributed by atoms with E-state index in [4.69, 9.17) is 14.6 Å². The number of allylic oxidation sites excluding steroid dienone is 1. The van der Waals surface area contributed by atoms with Crippen molar-refractivity contribution in [3.05, 3.63) is 12.3 Å². The van der Waals surface area contributed by atoms with Gasteiger partial charge < -0.3 is 24.8 Å². The number of rotatable bonds is 14. The lowest BCUT2D eigenvalue weighted by molar-refractivity contribution is -0.0689. The number of ether oxygens (including phenoxy) is 2. The molecule has 1 rings (SSSR count). The first-order valence-electron chi connectivity index (χ1n) is 9.59. The standard InChI is InChI=1S/C19H36O5/c1-2-3-4-5-6-7-8-9-10-11-12-13-23-17-15-24-19(18(17)22)16(21)14-20/h12-13,16-22H,2-11,14-15H2,1H3/b13-12+/t16-,17+,18+,19+/m1/s1. The minimum Gasteiger partial charge on any atom is -0.493 e. The Kier molecular flexibility index (Phi) is 12.2. The zero-order valence-electron chi connectivity index (χ0n) is 15.1. The number of unbranched alkanes of at least 4 members (excludes halogenated alkanes) is 9. The van der Waals surface area contributed by atoms with Crippen molar-refractivity contribution in [1.29, 1.82) is 0 Å². The molecule has 1 saturated heterocycles. The summed E-state index contributed by atoms with van der Waals surface area (Å²) in [6.45, 7) is 2.04. The van der Waals surface area contributed by atoms with Crippen LogP contribution in [0.15, 0.2) is 12.3 Å². The van der Waals surface area contributed by atoms with E-state index in [-0.39, 0.29) is 6.61 Å². The van der Waals surface area contributed by atoms with Crippen LogP contribution in [0.25, 0.3) is 0 Å². The highest BCUT2D eigenvalue weighted by Gasteiger charge is 2.40. The summed E-state index contributed by atoms with van der Waals surface area (Å²) in [7, 11) is 0. The molecule has 0 aliphatic carbocycles. The summed E-state index contributed by atoms with van der Waals surface area (Å²) in [6, 6.07) is 0. The van der Waals surface area contributed by atoms with Crippen molar-refractivity contribution in [3.8, 4) is 0 Å². The van der Waals surface area contributed by atoms with Gasteiger partial charge in [0.05, 0.1) is 19.5 Å². The highest BCUT2D eigenvalue weighted by atomic mass is 16.6. The van der Waals surface area contributed by atoms with Crippen molar-refractivity contribution in [2.75, 3.05) is 13.2 Å². The molecule has 1 heterocycles. The van der Waals surface area contributed by atoms with Gasteiger partial charge in [0.2, 0.25) is 0 Å². The molecule has 3 N–H and O–H groups in total. The second kappa shape index (κ2) is 13.6. The molecule has 5 heteroatoms. The monoisotopic (exact) mass is 344 g/mol. The molecule has 0 bridgehead atoms. The fraction of sp³-hybridized carbons (Fsp3) is 0.895. The Labute approximate surface area is 146 Å². The molecule has 0 aromatic rings. The van der Waals surface area contributed by atoms with E-state index in [9.17, 15) is 10.2 Å². The zero-order valence-corrected chi connectivity index (χ0v) is 15.1. The van der Waals surface area contributed by atoms with Crippen LogP contribution in [0.1, 0.15) is 71.1 Å². The lowest BCUT2D eigenvalue weighted by Crippen LogP contribution is -2.40. The summed E-state index contributed by atoms with van der Waals surface area (Å²) in [4.78, 5) is 0. The Balaban J connectivity index is 1.97. The molecule has 0 radical (unpaired) electrons. The minimum atomic E-state index is -1.07. The van der Waals surface area contributed by atoms with Gasteiger partial charge in [0.1, 0.15) is 24.4 Å². The van der Waals surface area contributed by atoms with Crippen LogP contribution in [-0.4, -0.2) is 52.9 Å². The van der Waals surface area contributed by atoms with Gasteiger partial charge in [0.15, 0.2) is 0 Å². The van der Waals surface area contributed by atoms with E-state index in [2.05, 4.69) is 6.92 Å². The van der Waals surface area contributed by atoms with Crippen LogP contribution in [0.5, 0.6) is 0 Å². The third kappa shape index (κ3) is 8.47. The summed E-state index contributed by atoms with van der Waals surface area (Å²) in [6.07, 6.45) is 13.2. The molecule has 0 saturated carbocycles. The predicted molar refractivity (Wildman–Crippen MR) is 94.7 cm³/mol. The molecule has 0 spiro atoms. The lowest BCUT2D eigenvalue weighted by Gasteiger charge is -2.20. The van der Waals surface area contributed by atoms with Crippen LogP contribution in [0, 0.1) is 0 Å². The first-order chi connectivity index (χ1) is 11.7. The Hall–Kier alpha value is -0.620. The Morgan fingerprint density at radius 1 is 1.08 bits per heavy atom. The van der Waals surface area contributed by atoms with Gasteiger partial charge >= 0.3 is 0 Å². The van der Waals surface area contributed by atoms with Gasteiger partial charge in [-0.3, -0.25) is 0 Å². The van der Waals surface area contributed by atoms with Gasteiger partial charge in [-0.1, -0.05) is 58.3 Å². The maximum Gasteiger partial charge on any atom is 0.149 e. The van der Waals surface area contributed by atoms with E-state index < -0.39 is 31.0 Å². The minimum absolute atomic E-state index is 0.227. The van der Waals surface area contributed by atoms with Crippen molar-refractivity contribution < 1.29 is 24.8 Å². The fourth-order valence-corrected chi connectivity index (χ4v) is 2.97. The largest absolute Gasteiger partial charge is 0.493 e. The van der Waals surface area contributed by atoms with E-state index in [0.29, 0.717) is 0 Å². The molecule has 4 atom stereocenters. The maximum atomic E-state index is 9.97. The Morgan fingerprint density at radius 2 is 1.71 bits per heavy atom. The van der Waals surface area contributed by atoms with E-state index >= 15 is 0 Å². The molecule has 1 fully saturated rings. The number of hydrogen-bond donors (Lipinski definition) is 3. The molecule has 142 valence electrons. The van der Waals surface area contributed by atoms with Gasteiger partial charge in [0, 0.05) is 0 Å². The number of aliphatic hydroxyl groups is 3. The molecule has 0 amide bonds. The molecule has 0 aromatic heterocycles. The van der Waals surface area contributed by atoms with Gasteiger partial charge in [-0.15, -0.1) is 0 Å². The van der Waals surface area contributed by atoms with Crippen molar-refractivity contribution in [2.45, 2.75) is 95.5 Å². The summed E-state index contributed by atoms with van der Waals surface area (Å²) in [5.74, 6) is 0. The van der Waals surface area contributed by atoms with E-state index in [0.717, 1.165) is 12.8 Å². The summed E-state index contributed by atoms with van der Waals surface area (Å²) in [5.41, 5.74) is 0. The van der Waals surface area contributed by atoms with Crippen molar-refractivity contribution in [1.82, 2.24) is 0 Å². The average Bonchev–Trinajstić information content (AvgIpc) is 2.96. The molecule has 24 heavy (non-hydrogen) atoms. The van der Waals surface area contributed by atoms with Gasteiger partial charge in [-0.2, -0.15) is 0 Å². The Morgan fingerprint density at radius 3 is 2.33 bits per heavy atom. The zero-order chi connectivity index (χ0) is 17.6. The van der Waals surface area contributed by atoms with E-state index in [1.165, 1.54) is 51.4 Å². The van der Waals surface area contributed by atoms with Gasteiger partial charge in [-0.25, -0.2) is 0 Å². The van der Waals surface area contributed by atoms with Crippen LogP contribution >= 0.6 is 0 Å². The van der Waals surface area contributed by atoms with E-state index in [1.807, 2.05) is 6.08 Å². The van der Waals surface area contributed by atoms with Crippen LogP contribution in [0.3, 0.4) is 0 Å². The second-order valence-electron chi connectivity index (χ2n) is 6.70. The average molecular weight is 344 g/mol. The SMILES string of the molecule is CCCCCCCCCCC/C=C/O[C@H]1CO[C@@H]([C@H](O)CO)[C@H]1O. The molecule has 1 aliphatic rings. The van der Waals surface area contributed by atoms with Crippen molar-refractivity contribution in [3.63, 3.8) is 0 Å². The topological polar surface area (TPSA) is 79.2 Å². The maximum absolute atomic E-state index is 9.97. The molecule has 5 nitrogen and oxygen atoms in total. The highest BCUT2D eigenvalue weighted by molar-refractivity contribution is 4.90. The number of hydrogen-bond acceptors (Lipinski definition) is 5. The van der Waals surface area contributed by atoms with Crippen LogP contribution in [-0.2, 0) is 9.47 Å². The third-order valence-electron chi connectivity index (χ3n) is 4.56. The number of aliphatic hydroxyl groups excluding tert-OH is 3. The fourth-order valence-electron chi connectivity index (χ4n) is 2.97. The van der Waals surface area contributed by atoms with Crippen molar-refractivity contribution >= 4 is 0 Å². The smallest absolute Gasteiger partial charge is 0.149 e. The van der Waals surface area contributed by atoms with E-state index in [1.54, 1.807) is 6.26 Å². The predicted octanol–water partition coefficient (Wildman–Crippen LogP) is 2.92. The Bertz CT molecular complexity index is 321. The summed E-state index contributed by atoms with van der Waals surface area (Å²) in [5, 5.41) is 28.4. The molecule has 1 aliphatic heterocycles. The molecular formula is C19H36O5. The highest BCUT2D eigenvalue weighted by Crippen LogP contribution is 2.20. The van der Waals surface area contributed by atoms with Crippen LogP contribution in [0.2, 0.25) is 0 Å². The van der Waals surface area contributed by atoms with Crippen molar-refractivity contribution in [2.24, 2.45) is 0 Å². The first kappa shape index (κ1) is 21.4. The lowest BCUT2D eigenvalue weighted by atomic mass is 10.1. The summed E-state index contributed by atoms with van der Waals surface area (Å²) >= 11 is 0. The second-order valence-corrected chi connectivity index (χ2v) is 6.70. The van der Waals surface area contributed by atoms with Gasteiger partial charge in [-0.05, 0) is 18.9 Å². The van der Waals surface area contributed by atoms with Gasteiger partial charge in [0.25, 0.3) is 0 Å². The quantitative estimate of drug-likeness (QED) is 0.333. The molecule has 0 aromatic carbocycles. The molecular weight excluding hydrogens is 308 g/mol. The van der Waals surface area contributed by atoms with Crippen LogP contribution < -0.4 is 0 Å². The summed E-state index contributed by atoms with van der Waals surface area (Å²) < 4.78 is 10.7. The third-order valence-corrected chi connectivity index (χ3v) is 4.56. The normalized spacial score (nSPS) is 25.4. The molecule has 0 unspecified atom stereocenters. The first-order valence-corrected chi connectivity index (χ1v) is 9.59. The van der Waals surface area contributed by atoms with Crippen LogP contribution in [0.4, 0.5) is 0 Å².